The topological polar surface area (TPSA) is 55.3 Å². The highest BCUT2D eigenvalue weighted by atomic mass is 15.1. The molecule has 30 heavy (non-hydrogen) atoms. The lowest BCUT2D eigenvalue weighted by molar-refractivity contribution is 0.394. The Balaban J connectivity index is 2.12. The quantitative estimate of drug-likeness (QED) is 0.285. The van der Waals surface area contributed by atoms with Crippen molar-refractivity contribution >= 4 is 12.4 Å². The van der Waals surface area contributed by atoms with Crippen LogP contribution < -0.4 is 10.6 Å². The second-order valence-corrected chi connectivity index (χ2v) is 8.26. The maximum absolute atomic E-state index is 4.56. The van der Waals surface area contributed by atoms with Crippen LogP contribution in [0, 0.1) is 0 Å². The molecular weight excluding hydrogens is 372 g/mol. The van der Waals surface area contributed by atoms with Crippen molar-refractivity contribution in [1.29, 1.82) is 0 Å². The van der Waals surface area contributed by atoms with Crippen LogP contribution in [0.15, 0.2) is 34.3 Å². The van der Waals surface area contributed by atoms with E-state index in [1.54, 1.807) is 0 Å². The van der Waals surface area contributed by atoms with Crippen LogP contribution in [0.25, 0.3) is 0 Å². The lowest BCUT2D eigenvalue weighted by Crippen LogP contribution is -2.22. The molecule has 2 N–H and O–H groups in total. The number of rotatable bonds is 18. The van der Waals surface area contributed by atoms with Crippen LogP contribution in [0.2, 0.25) is 0 Å². The number of nitrogens with one attached hydrogen (secondary N) is 2. The predicted molar refractivity (Wildman–Crippen MR) is 133 cm³/mol. The molecule has 0 unspecified atom stereocenters. The molecule has 0 spiro atoms. The molecule has 1 rings (SSSR count). The smallest absolute Gasteiger partial charge is 0.0401 e. The van der Waals surface area contributed by atoms with E-state index in [0.29, 0.717) is 0 Å². The molecule has 0 bridgehead atoms. The average Bonchev–Trinajstić information content (AvgIpc) is 2.71. The number of hydrogen-bond acceptors (Lipinski definition) is 6. The highest BCUT2D eigenvalue weighted by molar-refractivity contribution is 5.86. The molecule has 170 valence electrons. The minimum Gasteiger partial charge on any atom is -0.317 e. The summed E-state index contributed by atoms with van der Waals surface area (Å²) in [6.45, 7) is 8.22. The van der Waals surface area contributed by atoms with Crippen molar-refractivity contribution in [2.75, 3.05) is 80.5 Å². The molecule has 0 aliphatic carbocycles. The van der Waals surface area contributed by atoms with E-state index in [9.17, 15) is 0 Å². The van der Waals surface area contributed by atoms with Crippen LogP contribution in [0.3, 0.4) is 0 Å². The summed E-state index contributed by atoms with van der Waals surface area (Å²) >= 11 is 0. The zero-order valence-corrected chi connectivity index (χ0v) is 19.7. The van der Waals surface area contributed by atoms with Gasteiger partial charge in [0.25, 0.3) is 0 Å². The van der Waals surface area contributed by atoms with Crippen LogP contribution in [0.4, 0.5) is 0 Å². The van der Waals surface area contributed by atoms with E-state index in [1.807, 2.05) is 12.4 Å². The Morgan fingerprint density at radius 1 is 0.700 bits per heavy atom. The SMILES string of the molecule is CN(C)CCCNCCCN=Cc1cccc(C=NCCCNCCCN(C)C)c1. The normalized spacial score (nSPS) is 12.2. The average molecular weight is 417 g/mol. The summed E-state index contributed by atoms with van der Waals surface area (Å²) in [5, 5.41) is 6.95. The third-order valence-corrected chi connectivity index (χ3v) is 4.59. The van der Waals surface area contributed by atoms with Gasteiger partial charge in [-0.1, -0.05) is 18.2 Å². The van der Waals surface area contributed by atoms with Crippen molar-refractivity contribution in [3.63, 3.8) is 0 Å². The number of nitrogens with zero attached hydrogens (tertiary/aromatic N) is 4. The molecule has 6 heteroatoms. The second-order valence-electron chi connectivity index (χ2n) is 8.26. The van der Waals surface area contributed by atoms with Crippen molar-refractivity contribution < 1.29 is 0 Å². The van der Waals surface area contributed by atoms with Gasteiger partial charge in [0.05, 0.1) is 0 Å². The number of benzene rings is 1. The van der Waals surface area contributed by atoms with Crippen molar-refractivity contribution in [2.45, 2.75) is 25.7 Å². The fourth-order valence-electron chi connectivity index (χ4n) is 2.94. The molecule has 0 heterocycles. The molecule has 0 aliphatic heterocycles. The standard InChI is InChI=1S/C24H44N6/c1-29(2)18-8-16-25-12-6-14-27-21-23-10-5-11-24(20-23)22-28-15-7-13-26-17-9-19-30(3)4/h5,10-11,20-22,25-26H,6-9,12-19H2,1-4H3. The summed E-state index contributed by atoms with van der Waals surface area (Å²) < 4.78 is 0. The maximum Gasteiger partial charge on any atom is 0.0401 e. The summed E-state index contributed by atoms with van der Waals surface area (Å²) in [5.74, 6) is 0. The van der Waals surface area contributed by atoms with Gasteiger partial charge < -0.3 is 20.4 Å². The Morgan fingerprint density at radius 3 is 1.57 bits per heavy atom. The molecule has 0 amide bonds. The van der Waals surface area contributed by atoms with Gasteiger partial charge in [0.2, 0.25) is 0 Å². The summed E-state index contributed by atoms with van der Waals surface area (Å²) in [6, 6.07) is 8.41. The number of aliphatic imine (C=N–C) groups is 2. The van der Waals surface area contributed by atoms with Crippen molar-refractivity contribution in [1.82, 2.24) is 20.4 Å². The summed E-state index contributed by atoms with van der Waals surface area (Å²) in [7, 11) is 8.45. The first-order valence-electron chi connectivity index (χ1n) is 11.4. The van der Waals surface area contributed by atoms with Crippen LogP contribution in [0.5, 0.6) is 0 Å². The van der Waals surface area contributed by atoms with Crippen molar-refractivity contribution in [3.05, 3.63) is 35.4 Å². The fraction of sp³-hybridized carbons (Fsp3) is 0.667. The summed E-state index contributed by atoms with van der Waals surface area (Å²) in [4.78, 5) is 13.5. The van der Waals surface area contributed by atoms with Gasteiger partial charge in [0.1, 0.15) is 0 Å². The zero-order valence-electron chi connectivity index (χ0n) is 19.7. The molecule has 0 saturated heterocycles. The molecule has 0 fully saturated rings. The van der Waals surface area contributed by atoms with Crippen LogP contribution in [-0.4, -0.2) is 103 Å². The van der Waals surface area contributed by atoms with Crippen LogP contribution in [-0.2, 0) is 0 Å². The van der Waals surface area contributed by atoms with E-state index in [2.05, 4.69) is 82.9 Å². The minimum absolute atomic E-state index is 0.862. The van der Waals surface area contributed by atoms with Gasteiger partial charge in [0.15, 0.2) is 0 Å². The van der Waals surface area contributed by atoms with Crippen LogP contribution in [0.1, 0.15) is 36.8 Å². The van der Waals surface area contributed by atoms with Gasteiger partial charge >= 0.3 is 0 Å². The number of hydrogen-bond donors (Lipinski definition) is 2. The summed E-state index contributed by atoms with van der Waals surface area (Å²) in [6.07, 6.45) is 8.48. The van der Waals surface area contributed by atoms with Gasteiger partial charge in [-0.25, -0.2) is 0 Å². The van der Waals surface area contributed by atoms with E-state index in [-0.39, 0.29) is 0 Å². The summed E-state index contributed by atoms with van der Waals surface area (Å²) in [5.41, 5.74) is 2.28. The van der Waals surface area contributed by atoms with E-state index >= 15 is 0 Å². The van der Waals surface area contributed by atoms with Crippen LogP contribution >= 0.6 is 0 Å². The van der Waals surface area contributed by atoms with Gasteiger partial charge in [-0.3, -0.25) is 9.98 Å². The first kappa shape index (κ1) is 26.4. The Kier molecular flexibility index (Phi) is 16.0. The molecule has 0 saturated carbocycles. The maximum atomic E-state index is 4.56. The van der Waals surface area contributed by atoms with Crippen molar-refractivity contribution in [2.24, 2.45) is 9.98 Å². The van der Waals surface area contributed by atoms with Gasteiger partial charge in [-0.15, -0.1) is 0 Å². The third-order valence-electron chi connectivity index (χ3n) is 4.59. The molecule has 0 aliphatic rings. The highest BCUT2D eigenvalue weighted by Crippen LogP contribution is 2.01. The molecule has 0 radical (unpaired) electrons. The van der Waals surface area contributed by atoms with E-state index < -0.39 is 0 Å². The Hall–Kier alpha value is -1.60. The Morgan fingerprint density at radius 2 is 1.13 bits per heavy atom. The van der Waals surface area contributed by atoms with Crippen molar-refractivity contribution in [3.8, 4) is 0 Å². The lowest BCUT2D eigenvalue weighted by atomic mass is 10.1. The molecule has 1 aromatic rings. The zero-order chi connectivity index (χ0) is 21.9. The lowest BCUT2D eigenvalue weighted by Gasteiger charge is -2.09. The fourth-order valence-corrected chi connectivity index (χ4v) is 2.94. The highest BCUT2D eigenvalue weighted by Gasteiger charge is 1.94. The largest absolute Gasteiger partial charge is 0.317 e. The second kappa shape index (κ2) is 18.2. The first-order valence-corrected chi connectivity index (χ1v) is 11.4. The molecule has 0 atom stereocenters. The molecule has 0 aromatic heterocycles. The monoisotopic (exact) mass is 416 g/mol. The van der Waals surface area contributed by atoms with Gasteiger partial charge in [-0.05, 0) is 110 Å². The minimum atomic E-state index is 0.862. The first-order chi connectivity index (χ1) is 14.6. The Bertz CT molecular complexity index is 536. The molecule has 6 nitrogen and oxygen atoms in total. The molecular formula is C24H44N6. The van der Waals surface area contributed by atoms with Gasteiger partial charge in [0, 0.05) is 25.5 Å². The predicted octanol–water partition coefficient (Wildman–Crippen LogP) is 2.39. The Labute approximate surface area is 184 Å². The molecule has 1 aromatic carbocycles. The van der Waals surface area contributed by atoms with E-state index in [0.717, 1.165) is 76.3 Å². The van der Waals surface area contributed by atoms with E-state index in [1.165, 1.54) is 12.8 Å². The third kappa shape index (κ3) is 16.2. The van der Waals surface area contributed by atoms with Gasteiger partial charge in [-0.2, -0.15) is 0 Å². The van der Waals surface area contributed by atoms with E-state index in [4.69, 9.17) is 0 Å².